The van der Waals surface area contributed by atoms with E-state index in [0.717, 1.165) is 23.4 Å². The van der Waals surface area contributed by atoms with E-state index in [4.69, 9.17) is 10.5 Å². The van der Waals surface area contributed by atoms with Gasteiger partial charge in [0.2, 0.25) is 0 Å². The number of benzene rings is 1. The molecule has 0 radical (unpaired) electrons. The van der Waals surface area contributed by atoms with Gasteiger partial charge in [0.15, 0.2) is 0 Å². The van der Waals surface area contributed by atoms with Crippen LogP contribution in [-0.4, -0.2) is 5.60 Å². The van der Waals surface area contributed by atoms with E-state index in [9.17, 15) is 0 Å². The van der Waals surface area contributed by atoms with Gasteiger partial charge < -0.3 is 10.5 Å². The van der Waals surface area contributed by atoms with Crippen molar-refractivity contribution in [3.8, 4) is 5.75 Å². The molecule has 3 heteroatoms. The summed E-state index contributed by atoms with van der Waals surface area (Å²) in [5, 5.41) is 0. The molecule has 2 nitrogen and oxygen atoms in total. The molecule has 1 aromatic carbocycles. The van der Waals surface area contributed by atoms with Crippen LogP contribution >= 0.6 is 12.4 Å². The lowest BCUT2D eigenvalue weighted by atomic mass is 9.96. The van der Waals surface area contributed by atoms with Crippen molar-refractivity contribution in [1.82, 2.24) is 0 Å². The van der Waals surface area contributed by atoms with Crippen LogP contribution < -0.4 is 10.5 Å². The Kier molecular flexibility index (Phi) is 2.92. The number of fused-ring (bicyclic) bond motifs is 1. The second-order valence-corrected chi connectivity index (χ2v) is 4.77. The first-order valence-electron chi connectivity index (χ1n) is 4.98. The molecule has 0 bridgehead atoms. The number of nitrogen functional groups attached to an aromatic ring is 1. The Balaban J connectivity index is 0.00000112. The summed E-state index contributed by atoms with van der Waals surface area (Å²) in [6.07, 6.45) is 0.957. The van der Waals surface area contributed by atoms with Crippen molar-refractivity contribution in [2.24, 2.45) is 0 Å². The quantitative estimate of drug-likeness (QED) is 0.692. The minimum absolute atomic E-state index is 0. The van der Waals surface area contributed by atoms with Crippen molar-refractivity contribution in [2.45, 2.75) is 39.7 Å². The fraction of sp³-hybridized carbons (Fsp3) is 0.500. The van der Waals surface area contributed by atoms with Crippen molar-refractivity contribution in [2.75, 3.05) is 5.73 Å². The lowest BCUT2D eigenvalue weighted by Gasteiger charge is -2.17. The normalized spacial score (nSPS) is 16.5. The summed E-state index contributed by atoms with van der Waals surface area (Å²) in [6.45, 7) is 8.34. The summed E-state index contributed by atoms with van der Waals surface area (Å²) in [4.78, 5) is 0. The van der Waals surface area contributed by atoms with Crippen LogP contribution in [0, 0.1) is 13.8 Å². The lowest BCUT2D eigenvalue weighted by molar-refractivity contribution is 0.139. The zero-order chi connectivity index (χ0) is 10.5. The third kappa shape index (κ3) is 1.91. The average Bonchev–Trinajstić information content (AvgIpc) is 2.38. The number of rotatable bonds is 0. The summed E-state index contributed by atoms with van der Waals surface area (Å²) < 4.78 is 5.86. The highest BCUT2D eigenvalue weighted by molar-refractivity contribution is 5.85. The van der Waals surface area contributed by atoms with Gasteiger partial charge in [-0.25, -0.2) is 0 Å². The molecule has 0 saturated carbocycles. The number of aryl methyl sites for hydroxylation is 2. The third-order valence-electron chi connectivity index (χ3n) is 2.83. The van der Waals surface area contributed by atoms with Crippen molar-refractivity contribution in [3.05, 3.63) is 22.8 Å². The maximum atomic E-state index is 6.00. The zero-order valence-electron chi connectivity index (χ0n) is 9.68. The van der Waals surface area contributed by atoms with Crippen LogP contribution in [0.15, 0.2) is 6.07 Å². The van der Waals surface area contributed by atoms with Crippen LogP contribution in [0.1, 0.15) is 30.5 Å². The zero-order valence-corrected chi connectivity index (χ0v) is 10.5. The fourth-order valence-electron chi connectivity index (χ4n) is 2.08. The van der Waals surface area contributed by atoms with E-state index in [1.807, 2.05) is 6.92 Å². The minimum atomic E-state index is -0.102. The fourth-order valence-corrected chi connectivity index (χ4v) is 2.08. The molecule has 2 rings (SSSR count). The first-order chi connectivity index (χ1) is 6.41. The Labute approximate surface area is 97.2 Å². The molecular weight excluding hydrogens is 210 g/mol. The Morgan fingerprint density at radius 2 is 1.87 bits per heavy atom. The van der Waals surface area contributed by atoms with Gasteiger partial charge in [0.1, 0.15) is 11.4 Å². The van der Waals surface area contributed by atoms with E-state index < -0.39 is 0 Å². The van der Waals surface area contributed by atoms with Crippen LogP contribution in [0.4, 0.5) is 5.69 Å². The first kappa shape index (κ1) is 12.2. The van der Waals surface area contributed by atoms with Crippen LogP contribution in [0.25, 0.3) is 0 Å². The number of nitrogens with two attached hydrogens (primary N) is 1. The molecule has 1 aliphatic rings. The van der Waals surface area contributed by atoms with Crippen molar-refractivity contribution < 1.29 is 4.74 Å². The summed E-state index contributed by atoms with van der Waals surface area (Å²) in [5.74, 6) is 0.910. The van der Waals surface area contributed by atoms with Gasteiger partial charge in [-0.2, -0.15) is 0 Å². The maximum absolute atomic E-state index is 6.00. The molecule has 2 N–H and O–H groups in total. The summed E-state index contributed by atoms with van der Waals surface area (Å²) in [5.41, 5.74) is 10.4. The second kappa shape index (κ2) is 3.60. The van der Waals surface area contributed by atoms with Gasteiger partial charge in [-0.05, 0) is 38.8 Å². The van der Waals surface area contributed by atoms with E-state index in [0.29, 0.717) is 0 Å². The molecule has 0 aromatic heterocycles. The van der Waals surface area contributed by atoms with Crippen LogP contribution in [-0.2, 0) is 6.42 Å². The smallest absolute Gasteiger partial charge is 0.146 e. The Morgan fingerprint density at radius 3 is 2.47 bits per heavy atom. The predicted octanol–water partition coefficient (Wildman–Crippen LogP) is 3.02. The molecule has 0 atom stereocenters. The summed E-state index contributed by atoms with van der Waals surface area (Å²) in [7, 11) is 0. The minimum Gasteiger partial charge on any atom is -0.485 e. The standard InChI is InChI=1S/C12H17NO.ClH/c1-7-5-8(2)10(13)11-9(7)6-12(3,4)14-11;/h5H,6,13H2,1-4H3;1H. The highest BCUT2D eigenvalue weighted by Crippen LogP contribution is 2.42. The van der Waals surface area contributed by atoms with Gasteiger partial charge in [-0.15, -0.1) is 12.4 Å². The molecule has 0 saturated heterocycles. The monoisotopic (exact) mass is 227 g/mol. The van der Waals surface area contributed by atoms with Crippen molar-refractivity contribution >= 4 is 18.1 Å². The second-order valence-electron chi connectivity index (χ2n) is 4.77. The van der Waals surface area contributed by atoms with Gasteiger partial charge in [-0.1, -0.05) is 6.07 Å². The summed E-state index contributed by atoms with van der Waals surface area (Å²) in [6, 6.07) is 2.14. The first-order valence-corrected chi connectivity index (χ1v) is 4.98. The molecule has 15 heavy (non-hydrogen) atoms. The highest BCUT2D eigenvalue weighted by Gasteiger charge is 2.33. The Bertz CT molecular complexity index is 399. The van der Waals surface area contributed by atoms with Crippen LogP contribution in [0.2, 0.25) is 0 Å². The molecule has 1 aromatic rings. The average molecular weight is 228 g/mol. The molecular formula is C12H18ClNO. The predicted molar refractivity (Wildman–Crippen MR) is 66.0 cm³/mol. The topological polar surface area (TPSA) is 35.2 Å². The number of ether oxygens (including phenoxy) is 1. The maximum Gasteiger partial charge on any atom is 0.146 e. The molecule has 0 aliphatic carbocycles. The Hall–Kier alpha value is -0.890. The van der Waals surface area contributed by atoms with Gasteiger partial charge in [0, 0.05) is 12.0 Å². The third-order valence-corrected chi connectivity index (χ3v) is 2.83. The molecule has 1 aliphatic heterocycles. The number of halogens is 1. The highest BCUT2D eigenvalue weighted by atomic mass is 35.5. The number of hydrogen-bond acceptors (Lipinski definition) is 2. The molecule has 0 unspecified atom stereocenters. The molecule has 0 amide bonds. The molecule has 0 fully saturated rings. The van der Waals surface area contributed by atoms with Crippen LogP contribution in [0.5, 0.6) is 5.75 Å². The summed E-state index contributed by atoms with van der Waals surface area (Å²) >= 11 is 0. The lowest BCUT2D eigenvalue weighted by Crippen LogP contribution is -2.25. The van der Waals surface area contributed by atoms with E-state index in [2.05, 4.69) is 26.8 Å². The van der Waals surface area contributed by atoms with Gasteiger partial charge in [0.05, 0.1) is 5.69 Å². The largest absolute Gasteiger partial charge is 0.485 e. The van der Waals surface area contributed by atoms with Gasteiger partial charge in [0.25, 0.3) is 0 Å². The van der Waals surface area contributed by atoms with Crippen molar-refractivity contribution in [3.63, 3.8) is 0 Å². The van der Waals surface area contributed by atoms with Crippen molar-refractivity contribution in [1.29, 1.82) is 0 Å². The molecule has 84 valence electrons. The Morgan fingerprint density at radius 1 is 1.27 bits per heavy atom. The van der Waals surface area contributed by atoms with Gasteiger partial charge >= 0.3 is 0 Å². The number of anilines is 1. The van der Waals surface area contributed by atoms with E-state index in [1.54, 1.807) is 0 Å². The van der Waals surface area contributed by atoms with E-state index in [1.165, 1.54) is 11.1 Å². The van der Waals surface area contributed by atoms with Gasteiger partial charge in [-0.3, -0.25) is 0 Å². The number of hydrogen-bond donors (Lipinski definition) is 1. The van der Waals surface area contributed by atoms with Crippen LogP contribution in [0.3, 0.4) is 0 Å². The van der Waals surface area contributed by atoms with E-state index >= 15 is 0 Å². The molecule has 0 spiro atoms. The van der Waals surface area contributed by atoms with E-state index in [-0.39, 0.29) is 18.0 Å². The SMILES string of the molecule is Cc1cc(C)c2c(c1N)OC(C)(C)C2.Cl. The molecule has 1 heterocycles.